The number of ether oxygens (including phenoxy) is 1. The molecule has 1 aromatic carbocycles. The Hall–Kier alpha value is -1.07. The van der Waals surface area contributed by atoms with E-state index in [1.165, 1.54) is 18.6 Å². The average molecular weight is 321 g/mol. The highest BCUT2D eigenvalue weighted by molar-refractivity contribution is 8.77. The molecule has 3 nitrogen and oxygen atoms in total. The van der Waals surface area contributed by atoms with Gasteiger partial charge in [-0.25, -0.2) is 0 Å². The number of aromatic amines is 1. The van der Waals surface area contributed by atoms with Crippen LogP contribution in [0.3, 0.4) is 0 Å². The summed E-state index contributed by atoms with van der Waals surface area (Å²) in [5.74, 6) is 1.78. The maximum atomic E-state index is 11.8. The molecule has 1 aliphatic rings. The van der Waals surface area contributed by atoms with Crippen molar-refractivity contribution >= 4 is 38.5 Å². The summed E-state index contributed by atoms with van der Waals surface area (Å²) >= 11 is 0. The van der Waals surface area contributed by atoms with Crippen LogP contribution in [-0.4, -0.2) is 22.0 Å². The minimum atomic E-state index is -0.127. The molecule has 1 atom stereocenters. The molecule has 0 saturated carbocycles. The number of carbonyl (C=O) groups excluding carboxylic acids is 1. The maximum absolute atomic E-state index is 11.8. The largest absolute Gasteiger partial charge is 0.427 e. The van der Waals surface area contributed by atoms with Crippen LogP contribution in [0.4, 0.5) is 0 Å². The SMILES string of the molecule is O=C(CCCCC1CCSS1)Oc1ccc2[nH]ccc2c1. The zero-order valence-electron chi connectivity index (χ0n) is 11.8. The van der Waals surface area contributed by atoms with E-state index in [4.69, 9.17) is 4.74 Å². The molecule has 5 heteroatoms. The summed E-state index contributed by atoms with van der Waals surface area (Å²) in [6.07, 6.45) is 6.97. The third-order valence-electron chi connectivity index (χ3n) is 3.64. The van der Waals surface area contributed by atoms with Gasteiger partial charge < -0.3 is 9.72 Å². The minimum Gasteiger partial charge on any atom is -0.427 e. The zero-order valence-corrected chi connectivity index (χ0v) is 13.5. The van der Waals surface area contributed by atoms with Crippen LogP contribution < -0.4 is 4.74 Å². The van der Waals surface area contributed by atoms with Gasteiger partial charge in [0.1, 0.15) is 5.75 Å². The fraction of sp³-hybridized carbons (Fsp3) is 0.438. The molecule has 1 unspecified atom stereocenters. The van der Waals surface area contributed by atoms with E-state index in [1.54, 1.807) is 0 Å². The summed E-state index contributed by atoms with van der Waals surface area (Å²) in [6.45, 7) is 0. The lowest BCUT2D eigenvalue weighted by Gasteiger charge is -2.07. The molecule has 0 amide bonds. The van der Waals surface area contributed by atoms with Crippen molar-refractivity contribution in [2.45, 2.75) is 37.4 Å². The monoisotopic (exact) mass is 321 g/mol. The topological polar surface area (TPSA) is 42.1 Å². The van der Waals surface area contributed by atoms with E-state index >= 15 is 0 Å². The van der Waals surface area contributed by atoms with Crippen LogP contribution in [0.1, 0.15) is 32.1 Å². The van der Waals surface area contributed by atoms with Gasteiger partial charge in [0, 0.05) is 34.5 Å². The standard InChI is InChI=1S/C16H19NO2S2/c18-16(4-2-1-3-14-8-10-20-21-14)19-13-5-6-15-12(11-13)7-9-17-15/h5-7,9,11,14,17H,1-4,8,10H2. The summed E-state index contributed by atoms with van der Waals surface area (Å²) in [5.41, 5.74) is 1.06. The highest BCUT2D eigenvalue weighted by Gasteiger charge is 2.16. The van der Waals surface area contributed by atoms with E-state index in [9.17, 15) is 4.79 Å². The molecular weight excluding hydrogens is 302 g/mol. The van der Waals surface area contributed by atoms with Gasteiger partial charge in [-0.15, -0.1) is 0 Å². The summed E-state index contributed by atoms with van der Waals surface area (Å²) in [6, 6.07) is 7.65. The van der Waals surface area contributed by atoms with Crippen LogP contribution >= 0.6 is 21.6 Å². The highest BCUT2D eigenvalue weighted by Crippen LogP contribution is 2.39. The smallest absolute Gasteiger partial charge is 0.311 e. The number of nitrogens with one attached hydrogen (secondary N) is 1. The van der Waals surface area contributed by atoms with Crippen LogP contribution in [-0.2, 0) is 4.79 Å². The third kappa shape index (κ3) is 4.20. The lowest BCUT2D eigenvalue weighted by atomic mass is 10.1. The first-order chi connectivity index (χ1) is 10.3. The molecule has 0 bridgehead atoms. The molecule has 112 valence electrons. The Bertz CT molecular complexity index is 605. The molecule has 0 spiro atoms. The third-order valence-corrected chi connectivity index (χ3v) is 6.65. The van der Waals surface area contributed by atoms with Crippen LogP contribution in [0.25, 0.3) is 10.9 Å². The molecule has 1 aliphatic heterocycles. The average Bonchev–Trinajstić information content (AvgIpc) is 3.14. The Labute approximate surface area is 132 Å². The van der Waals surface area contributed by atoms with E-state index in [2.05, 4.69) is 4.98 Å². The second-order valence-electron chi connectivity index (χ2n) is 5.28. The number of unbranched alkanes of at least 4 members (excludes halogenated alkanes) is 1. The fourth-order valence-corrected chi connectivity index (χ4v) is 5.51. The first-order valence-corrected chi connectivity index (χ1v) is 9.75. The lowest BCUT2D eigenvalue weighted by molar-refractivity contribution is -0.134. The van der Waals surface area contributed by atoms with Crippen molar-refractivity contribution in [3.05, 3.63) is 30.5 Å². The van der Waals surface area contributed by atoms with Crippen molar-refractivity contribution in [2.75, 3.05) is 5.75 Å². The van der Waals surface area contributed by atoms with Gasteiger partial charge in [0.15, 0.2) is 0 Å². The van der Waals surface area contributed by atoms with E-state index in [0.717, 1.165) is 29.0 Å². The minimum absolute atomic E-state index is 0.127. The Morgan fingerprint density at radius 2 is 2.29 bits per heavy atom. The molecule has 21 heavy (non-hydrogen) atoms. The molecule has 2 heterocycles. The van der Waals surface area contributed by atoms with Crippen molar-refractivity contribution < 1.29 is 9.53 Å². The molecule has 1 N–H and O–H groups in total. The Balaban J connectivity index is 1.40. The van der Waals surface area contributed by atoms with Gasteiger partial charge >= 0.3 is 5.97 Å². The fourth-order valence-electron chi connectivity index (χ4n) is 2.48. The van der Waals surface area contributed by atoms with Gasteiger partial charge in [0.25, 0.3) is 0 Å². The number of fused-ring (bicyclic) bond motifs is 1. The molecular formula is C16H19NO2S2. The molecule has 1 fully saturated rings. The number of carbonyl (C=O) groups is 1. The first-order valence-electron chi connectivity index (χ1n) is 7.37. The number of aromatic nitrogens is 1. The van der Waals surface area contributed by atoms with E-state index in [0.29, 0.717) is 12.2 Å². The highest BCUT2D eigenvalue weighted by atomic mass is 33.1. The normalized spacial score (nSPS) is 18.2. The van der Waals surface area contributed by atoms with Crippen LogP contribution in [0.15, 0.2) is 30.5 Å². The van der Waals surface area contributed by atoms with Crippen LogP contribution in [0, 0.1) is 0 Å². The predicted octanol–water partition coefficient (Wildman–Crippen LogP) is 4.79. The Morgan fingerprint density at radius 3 is 3.14 bits per heavy atom. The number of hydrogen-bond acceptors (Lipinski definition) is 4. The van der Waals surface area contributed by atoms with Crippen molar-refractivity contribution in [1.29, 1.82) is 0 Å². The van der Waals surface area contributed by atoms with E-state index in [-0.39, 0.29) is 5.97 Å². The van der Waals surface area contributed by atoms with Gasteiger partial charge in [-0.2, -0.15) is 0 Å². The first kappa shape index (κ1) is 14.9. The number of H-pyrrole nitrogens is 1. The second kappa shape index (κ2) is 7.27. The molecule has 0 aliphatic carbocycles. The van der Waals surface area contributed by atoms with Gasteiger partial charge in [-0.05, 0) is 43.5 Å². The summed E-state index contributed by atoms with van der Waals surface area (Å²) in [4.78, 5) is 15.0. The van der Waals surface area contributed by atoms with Crippen LogP contribution in [0.5, 0.6) is 5.75 Å². The van der Waals surface area contributed by atoms with E-state index in [1.807, 2.05) is 52.1 Å². The van der Waals surface area contributed by atoms with E-state index < -0.39 is 0 Å². The Kier molecular flexibility index (Phi) is 5.14. The lowest BCUT2D eigenvalue weighted by Crippen LogP contribution is -2.08. The van der Waals surface area contributed by atoms with Crippen molar-refractivity contribution in [2.24, 2.45) is 0 Å². The molecule has 0 radical (unpaired) electrons. The van der Waals surface area contributed by atoms with Gasteiger partial charge in [-0.3, -0.25) is 4.79 Å². The maximum Gasteiger partial charge on any atom is 0.311 e. The van der Waals surface area contributed by atoms with Gasteiger partial charge in [0.2, 0.25) is 0 Å². The quantitative estimate of drug-likeness (QED) is 0.359. The summed E-state index contributed by atoms with van der Waals surface area (Å²) in [7, 11) is 3.98. The molecule has 1 saturated heterocycles. The number of benzene rings is 1. The summed E-state index contributed by atoms with van der Waals surface area (Å²) in [5, 5.41) is 1.86. The molecule has 1 aromatic heterocycles. The predicted molar refractivity (Wildman–Crippen MR) is 90.9 cm³/mol. The summed E-state index contributed by atoms with van der Waals surface area (Å²) < 4.78 is 5.40. The Morgan fingerprint density at radius 1 is 1.33 bits per heavy atom. The van der Waals surface area contributed by atoms with Crippen molar-refractivity contribution in [3.8, 4) is 5.75 Å². The van der Waals surface area contributed by atoms with Gasteiger partial charge in [0.05, 0.1) is 0 Å². The number of hydrogen-bond donors (Lipinski definition) is 1. The molecule has 2 aromatic rings. The van der Waals surface area contributed by atoms with Crippen LogP contribution in [0.2, 0.25) is 0 Å². The zero-order chi connectivity index (χ0) is 14.5. The molecule has 3 rings (SSSR count). The van der Waals surface area contributed by atoms with Gasteiger partial charge in [-0.1, -0.05) is 28.0 Å². The van der Waals surface area contributed by atoms with Crippen molar-refractivity contribution in [3.63, 3.8) is 0 Å². The number of rotatable bonds is 6. The van der Waals surface area contributed by atoms with Crippen molar-refractivity contribution in [1.82, 2.24) is 4.98 Å². The number of esters is 1. The second-order valence-corrected chi connectivity index (χ2v) is 8.06.